The molecule has 16 heavy (non-hydrogen) atoms. The number of nitrogens with one attached hydrogen (secondary N) is 1. The summed E-state index contributed by atoms with van der Waals surface area (Å²) in [6.45, 7) is 5.89. The van der Waals surface area contributed by atoms with E-state index in [1.54, 1.807) is 6.07 Å². The summed E-state index contributed by atoms with van der Waals surface area (Å²) < 4.78 is 31.3. The van der Waals surface area contributed by atoms with E-state index < -0.39 is 10.0 Å². The third-order valence-electron chi connectivity index (χ3n) is 2.44. The quantitative estimate of drug-likeness (QED) is 0.813. The predicted molar refractivity (Wildman–Crippen MR) is 61.2 cm³/mol. The van der Waals surface area contributed by atoms with Crippen molar-refractivity contribution in [2.45, 2.75) is 38.5 Å². The Hall–Kier alpha value is -0.850. The maximum absolute atomic E-state index is 11.8. The van der Waals surface area contributed by atoms with E-state index in [4.69, 9.17) is 10.2 Å². The molecule has 3 N–H and O–H groups in total. The molecule has 0 amide bonds. The van der Waals surface area contributed by atoms with Crippen LogP contribution in [0.3, 0.4) is 0 Å². The maximum atomic E-state index is 11.8. The molecular formula is C10H18N2O3S. The van der Waals surface area contributed by atoms with Crippen molar-refractivity contribution in [3.8, 4) is 0 Å². The molecule has 0 spiro atoms. The zero-order valence-electron chi connectivity index (χ0n) is 9.73. The Bertz CT molecular complexity index is 437. The molecule has 1 aromatic heterocycles. The van der Waals surface area contributed by atoms with Crippen LogP contribution in [0, 0.1) is 5.92 Å². The smallest absolute Gasteiger partial charge is 0.274 e. The fraction of sp³-hybridized carbons (Fsp3) is 0.600. The molecule has 6 heteroatoms. The van der Waals surface area contributed by atoms with Gasteiger partial charge in [0.25, 0.3) is 10.0 Å². The van der Waals surface area contributed by atoms with Gasteiger partial charge in [0.2, 0.25) is 5.09 Å². The fourth-order valence-corrected chi connectivity index (χ4v) is 2.39. The van der Waals surface area contributed by atoms with Gasteiger partial charge in [-0.1, -0.05) is 13.8 Å². The lowest BCUT2D eigenvalue weighted by Gasteiger charge is -2.16. The average Bonchev–Trinajstić information content (AvgIpc) is 2.65. The molecule has 0 aliphatic carbocycles. The van der Waals surface area contributed by atoms with E-state index in [-0.39, 0.29) is 23.6 Å². The summed E-state index contributed by atoms with van der Waals surface area (Å²) in [6.07, 6.45) is 0. The molecule has 1 atom stereocenters. The molecule has 0 saturated carbocycles. The van der Waals surface area contributed by atoms with Gasteiger partial charge in [-0.25, -0.2) is 13.1 Å². The Kier molecular flexibility index (Phi) is 4.12. The van der Waals surface area contributed by atoms with Crippen molar-refractivity contribution in [1.82, 2.24) is 4.72 Å². The minimum absolute atomic E-state index is 0.0829. The lowest BCUT2D eigenvalue weighted by molar-refractivity contribution is 0.404. The largest absolute Gasteiger partial charge is 0.447 e. The van der Waals surface area contributed by atoms with Crippen LogP contribution in [0.2, 0.25) is 0 Å². The molecule has 1 rings (SSSR count). The number of hydrogen-bond donors (Lipinski definition) is 2. The van der Waals surface area contributed by atoms with Gasteiger partial charge in [-0.05, 0) is 25.0 Å². The molecular weight excluding hydrogens is 228 g/mol. The van der Waals surface area contributed by atoms with Crippen molar-refractivity contribution in [1.29, 1.82) is 0 Å². The first-order valence-corrected chi connectivity index (χ1v) is 6.66. The second kappa shape index (κ2) is 4.99. The Morgan fingerprint density at radius 1 is 1.38 bits per heavy atom. The highest BCUT2D eigenvalue weighted by Crippen LogP contribution is 2.14. The van der Waals surface area contributed by atoms with Crippen LogP contribution in [0.1, 0.15) is 26.5 Å². The lowest BCUT2D eigenvalue weighted by atomic mass is 10.1. The van der Waals surface area contributed by atoms with Gasteiger partial charge >= 0.3 is 0 Å². The van der Waals surface area contributed by atoms with Crippen molar-refractivity contribution >= 4 is 10.0 Å². The van der Waals surface area contributed by atoms with E-state index in [0.29, 0.717) is 5.76 Å². The molecule has 1 aromatic rings. The molecule has 1 heterocycles. The molecule has 0 aliphatic heterocycles. The first-order chi connectivity index (χ1) is 7.36. The molecule has 1 unspecified atom stereocenters. The van der Waals surface area contributed by atoms with Gasteiger partial charge in [-0.15, -0.1) is 0 Å². The zero-order chi connectivity index (χ0) is 12.3. The molecule has 0 aromatic carbocycles. The fourth-order valence-electron chi connectivity index (χ4n) is 1.05. The van der Waals surface area contributed by atoms with Crippen LogP contribution in [0.15, 0.2) is 21.6 Å². The van der Waals surface area contributed by atoms with Gasteiger partial charge in [0.05, 0.1) is 6.54 Å². The highest BCUT2D eigenvalue weighted by Gasteiger charge is 2.22. The minimum atomic E-state index is -3.57. The Morgan fingerprint density at radius 2 is 2.00 bits per heavy atom. The number of hydrogen-bond acceptors (Lipinski definition) is 4. The summed E-state index contributed by atoms with van der Waals surface area (Å²) in [5.41, 5.74) is 5.35. The summed E-state index contributed by atoms with van der Waals surface area (Å²) >= 11 is 0. The normalized spacial score (nSPS) is 14.3. The van der Waals surface area contributed by atoms with E-state index in [0.717, 1.165) is 0 Å². The summed E-state index contributed by atoms with van der Waals surface area (Å²) in [4.78, 5) is 0. The van der Waals surface area contributed by atoms with E-state index in [1.807, 2.05) is 20.8 Å². The molecule has 0 radical (unpaired) electrons. The third kappa shape index (κ3) is 3.07. The molecule has 0 saturated heterocycles. The van der Waals surface area contributed by atoms with Gasteiger partial charge < -0.3 is 10.2 Å². The van der Waals surface area contributed by atoms with Crippen molar-refractivity contribution < 1.29 is 12.8 Å². The first kappa shape index (κ1) is 13.2. The monoisotopic (exact) mass is 246 g/mol. The Labute approximate surface area is 96.1 Å². The van der Waals surface area contributed by atoms with Crippen molar-refractivity contribution in [3.05, 3.63) is 17.9 Å². The van der Waals surface area contributed by atoms with Crippen molar-refractivity contribution in [2.75, 3.05) is 0 Å². The topological polar surface area (TPSA) is 85.3 Å². The summed E-state index contributed by atoms with van der Waals surface area (Å²) in [7, 11) is -3.57. The molecule has 92 valence electrons. The Morgan fingerprint density at radius 3 is 2.44 bits per heavy atom. The van der Waals surface area contributed by atoms with Gasteiger partial charge in [0.1, 0.15) is 5.76 Å². The van der Waals surface area contributed by atoms with Crippen LogP contribution >= 0.6 is 0 Å². The van der Waals surface area contributed by atoms with E-state index >= 15 is 0 Å². The van der Waals surface area contributed by atoms with E-state index in [9.17, 15) is 8.42 Å². The molecule has 0 fully saturated rings. The van der Waals surface area contributed by atoms with Crippen LogP contribution in [0.5, 0.6) is 0 Å². The second-order valence-corrected chi connectivity index (χ2v) is 5.72. The van der Waals surface area contributed by atoms with Crippen LogP contribution in [-0.4, -0.2) is 14.5 Å². The van der Waals surface area contributed by atoms with Gasteiger partial charge in [0.15, 0.2) is 0 Å². The standard InChI is InChI=1S/C10H18N2O3S/c1-7(2)8(3)12-16(13,14)10-5-4-9(6-11)15-10/h4-5,7-8,12H,6,11H2,1-3H3. The number of furan rings is 1. The number of rotatable bonds is 5. The lowest BCUT2D eigenvalue weighted by Crippen LogP contribution is -2.35. The van der Waals surface area contributed by atoms with Crippen LogP contribution in [0.25, 0.3) is 0 Å². The van der Waals surface area contributed by atoms with Crippen LogP contribution < -0.4 is 10.5 Å². The summed E-state index contributed by atoms with van der Waals surface area (Å²) in [5.74, 6) is 0.677. The Balaban J connectivity index is 2.86. The van der Waals surface area contributed by atoms with Crippen LogP contribution in [-0.2, 0) is 16.6 Å². The molecule has 5 nitrogen and oxygen atoms in total. The highest BCUT2D eigenvalue weighted by atomic mass is 32.2. The maximum Gasteiger partial charge on any atom is 0.274 e. The second-order valence-electron chi connectivity index (χ2n) is 4.08. The van der Waals surface area contributed by atoms with Crippen molar-refractivity contribution in [2.24, 2.45) is 11.7 Å². The SMILES string of the molecule is CC(C)C(C)NS(=O)(=O)c1ccc(CN)o1. The summed E-state index contributed by atoms with van der Waals surface area (Å²) in [5, 5.41) is -0.0829. The van der Waals surface area contributed by atoms with Gasteiger partial charge in [-0.3, -0.25) is 0 Å². The van der Waals surface area contributed by atoms with Crippen LogP contribution in [0.4, 0.5) is 0 Å². The first-order valence-electron chi connectivity index (χ1n) is 5.18. The molecule has 0 aliphatic rings. The van der Waals surface area contributed by atoms with E-state index in [2.05, 4.69) is 4.72 Å². The van der Waals surface area contributed by atoms with Gasteiger partial charge in [-0.2, -0.15) is 0 Å². The number of sulfonamides is 1. The number of nitrogens with two attached hydrogens (primary N) is 1. The third-order valence-corrected chi connectivity index (χ3v) is 3.88. The minimum Gasteiger partial charge on any atom is -0.447 e. The summed E-state index contributed by atoms with van der Waals surface area (Å²) in [6, 6.07) is 2.84. The van der Waals surface area contributed by atoms with Gasteiger partial charge in [0, 0.05) is 6.04 Å². The highest BCUT2D eigenvalue weighted by molar-refractivity contribution is 7.89. The predicted octanol–water partition coefficient (Wildman–Crippen LogP) is 1.06. The molecule has 0 bridgehead atoms. The van der Waals surface area contributed by atoms with E-state index in [1.165, 1.54) is 6.07 Å². The average molecular weight is 246 g/mol. The van der Waals surface area contributed by atoms with Crippen molar-refractivity contribution in [3.63, 3.8) is 0 Å². The zero-order valence-corrected chi connectivity index (χ0v) is 10.5.